The van der Waals surface area contributed by atoms with Gasteiger partial charge in [-0.1, -0.05) is 0 Å². The smallest absolute Gasteiger partial charge is 0.328 e. The third-order valence-corrected chi connectivity index (χ3v) is 1.78. The van der Waals surface area contributed by atoms with E-state index in [0.717, 1.165) is 6.08 Å². The van der Waals surface area contributed by atoms with Gasteiger partial charge < -0.3 is 20.4 Å². The minimum absolute atomic E-state index is 0.139. The maximum absolute atomic E-state index is 10.2. The van der Waals surface area contributed by atoms with Gasteiger partial charge in [0.25, 0.3) is 0 Å². The van der Waals surface area contributed by atoms with Crippen LogP contribution in [0.25, 0.3) is 6.08 Å². The Morgan fingerprint density at radius 1 is 1.33 bits per heavy atom. The van der Waals surface area contributed by atoms with Crippen LogP contribution in [0.3, 0.4) is 0 Å². The molecule has 0 radical (unpaired) electrons. The molecule has 0 atom stereocenters. The maximum Gasteiger partial charge on any atom is 0.328 e. The monoisotopic (exact) mass is 210 g/mol. The van der Waals surface area contributed by atoms with Crippen molar-refractivity contribution < 1.29 is 25.2 Å². The third-order valence-electron chi connectivity index (χ3n) is 1.78. The molecule has 0 amide bonds. The van der Waals surface area contributed by atoms with Crippen molar-refractivity contribution in [3.05, 3.63) is 29.3 Å². The van der Waals surface area contributed by atoms with Gasteiger partial charge in [-0.2, -0.15) is 0 Å². The van der Waals surface area contributed by atoms with E-state index in [0.29, 0.717) is 5.56 Å². The van der Waals surface area contributed by atoms with Gasteiger partial charge in [-0.3, -0.25) is 0 Å². The van der Waals surface area contributed by atoms with Crippen LogP contribution in [0.1, 0.15) is 11.1 Å². The van der Waals surface area contributed by atoms with E-state index in [9.17, 15) is 15.0 Å². The Labute approximate surface area is 85.5 Å². The van der Waals surface area contributed by atoms with Crippen molar-refractivity contribution >= 4 is 12.0 Å². The molecule has 1 aromatic rings. The number of aromatic hydroxyl groups is 2. The number of phenolic OH excluding ortho intramolecular Hbond substituents is 1. The Hall–Kier alpha value is -2.01. The number of benzene rings is 1. The minimum atomic E-state index is -1.12. The van der Waals surface area contributed by atoms with Crippen LogP contribution >= 0.6 is 0 Å². The molecule has 0 aliphatic carbocycles. The highest BCUT2D eigenvalue weighted by Crippen LogP contribution is 2.30. The molecule has 0 aliphatic heterocycles. The molecular weight excluding hydrogens is 200 g/mol. The summed E-state index contributed by atoms with van der Waals surface area (Å²) in [7, 11) is 0. The summed E-state index contributed by atoms with van der Waals surface area (Å²) in [6, 6.07) is 2.59. The van der Waals surface area contributed by atoms with Gasteiger partial charge in [0.1, 0.15) is 0 Å². The predicted molar refractivity (Wildman–Crippen MR) is 52.4 cm³/mol. The van der Waals surface area contributed by atoms with Crippen molar-refractivity contribution in [3.8, 4) is 11.5 Å². The fourth-order valence-corrected chi connectivity index (χ4v) is 1.09. The van der Waals surface area contributed by atoms with Crippen LogP contribution in [-0.4, -0.2) is 26.4 Å². The van der Waals surface area contributed by atoms with Crippen LogP contribution in [-0.2, 0) is 11.4 Å². The molecule has 0 bridgehead atoms. The molecule has 80 valence electrons. The molecule has 0 unspecified atom stereocenters. The van der Waals surface area contributed by atoms with E-state index in [2.05, 4.69) is 0 Å². The molecule has 1 rings (SSSR count). The molecule has 5 nitrogen and oxygen atoms in total. The molecule has 0 saturated heterocycles. The Balaban J connectivity index is 3.11. The summed E-state index contributed by atoms with van der Waals surface area (Å²) >= 11 is 0. The number of aliphatic hydroxyl groups excluding tert-OH is 1. The number of aliphatic hydroxyl groups is 1. The topological polar surface area (TPSA) is 98.0 Å². The maximum atomic E-state index is 10.2. The molecule has 0 aromatic heterocycles. The van der Waals surface area contributed by atoms with Crippen LogP contribution in [0.5, 0.6) is 11.5 Å². The lowest BCUT2D eigenvalue weighted by Crippen LogP contribution is -1.88. The van der Waals surface area contributed by atoms with Gasteiger partial charge in [0.2, 0.25) is 0 Å². The molecule has 0 aliphatic rings. The lowest BCUT2D eigenvalue weighted by atomic mass is 10.1. The van der Waals surface area contributed by atoms with E-state index < -0.39 is 24.1 Å². The third kappa shape index (κ3) is 2.72. The first-order chi connectivity index (χ1) is 7.04. The highest BCUT2D eigenvalue weighted by Gasteiger charge is 2.06. The number of phenols is 2. The number of hydrogen-bond acceptors (Lipinski definition) is 4. The van der Waals surface area contributed by atoms with E-state index in [4.69, 9.17) is 10.2 Å². The average Bonchev–Trinajstić information content (AvgIpc) is 2.19. The molecule has 4 N–H and O–H groups in total. The summed E-state index contributed by atoms with van der Waals surface area (Å²) in [5.41, 5.74) is 0.525. The molecule has 0 spiro atoms. The number of hydrogen-bond donors (Lipinski definition) is 4. The largest absolute Gasteiger partial charge is 0.504 e. The van der Waals surface area contributed by atoms with Gasteiger partial charge in [0, 0.05) is 11.6 Å². The van der Waals surface area contributed by atoms with Gasteiger partial charge in [0.05, 0.1) is 6.61 Å². The second-order valence-corrected chi connectivity index (χ2v) is 2.88. The van der Waals surface area contributed by atoms with Gasteiger partial charge in [0.15, 0.2) is 11.5 Å². The van der Waals surface area contributed by atoms with E-state index in [1.807, 2.05) is 0 Å². The molecular formula is C10H10O5. The summed E-state index contributed by atoms with van der Waals surface area (Å²) in [6.45, 7) is -0.436. The lowest BCUT2D eigenvalue weighted by Gasteiger charge is -2.04. The summed E-state index contributed by atoms with van der Waals surface area (Å²) < 4.78 is 0. The number of carboxylic acids is 1. The Kier molecular flexibility index (Phi) is 3.30. The second kappa shape index (κ2) is 4.47. The summed E-state index contributed by atoms with van der Waals surface area (Å²) in [4.78, 5) is 10.2. The fourth-order valence-electron chi connectivity index (χ4n) is 1.09. The van der Waals surface area contributed by atoms with Crippen LogP contribution < -0.4 is 0 Å². The first-order valence-electron chi connectivity index (χ1n) is 4.11. The molecule has 5 heteroatoms. The zero-order valence-corrected chi connectivity index (χ0v) is 7.71. The SMILES string of the molecule is O=C(O)/C=C/c1cc(O)c(O)c(CO)c1. The Bertz CT molecular complexity index is 409. The number of carboxylic acid groups (broad SMARTS) is 1. The van der Waals surface area contributed by atoms with Crippen molar-refractivity contribution in [3.63, 3.8) is 0 Å². The first kappa shape index (κ1) is 11.1. The minimum Gasteiger partial charge on any atom is -0.504 e. The number of carbonyl (C=O) groups is 1. The van der Waals surface area contributed by atoms with Crippen molar-refractivity contribution in [1.82, 2.24) is 0 Å². The zero-order chi connectivity index (χ0) is 11.4. The van der Waals surface area contributed by atoms with Gasteiger partial charge in [-0.05, 0) is 23.8 Å². The van der Waals surface area contributed by atoms with Crippen molar-refractivity contribution in [2.75, 3.05) is 0 Å². The normalized spacial score (nSPS) is 10.7. The number of rotatable bonds is 3. The fraction of sp³-hybridized carbons (Fsp3) is 0.100. The van der Waals surface area contributed by atoms with E-state index in [1.54, 1.807) is 0 Å². The van der Waals surface area contributed by atoms with Crippen molar-refractivity contribution in [2.24, 2.45) is 0 Å². The molecule has 0 heterocycles. The average molecular weight is 210 g/mol. The van der Waals surface area contributed by atoms with Gasteiger partial charge in [-0.15, -0.1) is 0 Å². The van der Waals surface area contributed by atoms with Crippen LogP contribution in [0, 0.1) is 0 Å². The van der Waals surface area contributed by atoms with E-state index >= 15 is 0 Å². The standard InChI is InChI=1S/C10H10O5/c11-5-7-3-6(1-2-9(13)14)4-8(12)10(7)15/h1-4,11-12,15H,5H2,(H,13,14)/b2-1+. The summed E-state index contributed by atoms with van der Waals surface area (Å²) in [5, 5.41) is 35.7. The van der Waals surface area contributed by atoms with Crippen LogP contribution in [0.2, 0.25) is 0 Å². The summed E-state index contributed by atoms with van der Waals surface area (Å²) in [6.07, 6.45) is 2.15. The lowest BCUT2D eigenvalue weighted by molar-refractivity contribution is -0.131. The highest BCUT2D eigenvalue weighted by molar-refractivity contribution is 5.85. The Morgan fingerprint density at radius 3 is 2.53 bits per heavy atom. The summed E-state index contributed by atoms with van der Waals surface area (Å²) in [5.74, 6) is -1.91. The second-order valence-electron chi connectivity index (χ2n) is 2.88. The van der Waals surface area contributed by atoms with Crippen molar-refractivity contribution in [1.29, 1.82) is 0 Å². The van der Waals surface area contributed by atoms with Crippen LogP contribution in [0.15, 0.2) is 18.2 Å². The predicted octanol–water partition coefficient (Wildman–Crippen LogP) is 0.688. The zero-order valence-electron chi connectivity index (χ0n) is 7.71. The Morgan fingerprint density at radius 2 is 2.00 bits per heavy atom. The molecule has 0 fully saturated rings. The van der Waals surface area contributed by atoms with E-state index in [-0.39, 0.29) is 5.56 Å². The number of aliphatic carboxylic acids is 1. The quantitative estimate of drug-likeness (QED) is 0.434. The van der Waals surface area contributed by atoms with Crippen LogP contribution in [0.4, 0.5) is 0 Å². The van der Waals surface area contributed by atoms with E-state index in [1.165, 1.54) is 18.2 Å². The van der Waals surface area contributed by atoms with Crippen molar-refractivity contribution in [2.45, 2.75) is 6.61 Å². The van der Waals surface area contributed by atoms with Gasteiger partial charge in [-0.25, -0.2) is 4.79 Å². The first-order valence-corrected chi connectivity index (χ1v) is 4.11. The van der Waals surface area contributed by atoms with Gasteiger partial charge >= 0.3 is 5.97 Å². The molecule has 15 heavy (non-hydrogen) atoms. The molecule has 0 saturated carbocycles. The molecule has 1 aromatic carbocycles. The highest BCUT2D eigenvalue weighted by atomic mass is 16.4.